The Labute approximate surface area is 228 Å². The second-order valence-electron chi connectivity index (χ2n) is 10.1. The molecule has 2 amide bonds. The predicted molar refractivity (Wildman–Crippen MR) is 148 cm³/mol. The first-order chi connectivity index (χ1) is 17.3. The molecule has 1 aromatic carbocycles. The number of aromatic nitrogens is 2. The number of hydrogen-bond acceptors (Lipinski definition) is 5. The van der Waals surface area contributed by atoms with E-state index in [1.54, 1.807) is 49.6 Å². The molecule has 198 valence electrons. The Hall–Kier alpha value is -2.65. The zero-order valence-corrected chi connectivity index (χ0v) is 22.8. The van der Waals surface area contributed by atoms with Gasteiger partial charge in [-0.3, -0.25) is 19.5 Å². The number of benzene rings is 1. The van der Waals surface area contributed by atoms with Crippen LogP contribution in [0.15, 0.2) is 48.8 Å². The van der Waals surface area contributed by atoms with Gasteiger partial charge in [-0.2, -0.15) is 0 Å². The smallest absolute Gasteiger partial charge is 0.268 e. The monoisotopic (exact) mass is 544 g/mol. The van der Waals surface area contributed by atoms with E-state index < -0.39 is 5.54 Å². The third-order valence-corrected chi connectivity index (χ3v) is 7.92. The van der Waals surface area contributed by atoms with E-state index in [1.807, 2.05) is 11.0 Å². The van der Waals surface area contributed by atoms with Crippen molar-refractivity contribution in [1.29, 1.82) is 0 Å². The number of pyridine rings is 1. The molecule has 0 unspecified atom stereocenters. The average molecular weight is 546 g/mol. The van der Waals surface area contributed by atoms with Gasteiger partial charge in [0.15, 0.2) is 0 Å². The minimum absolute atomic E-state index is 0. The molecule has 37 heavy (non-hydrogen) atoms. The number of H-pyrrole nitrogens is 1. The summed E-state index contributed by atoms with van der Waals surface area (Å²) in [6, 6.07) is 11.3. The standard InChI is InChI=1S/C27H33ClN6O2.ClH/c1-27(20-5-9-29-10-6-20,31-25(35)24-18-19-17-21(28)3-4-23(19)30-24)26(36)34-15-13-33(14-16-34)22-7-11-32(2)12-8-22;/h3-6,9-10,17-18,22,30H,7-8,11-16H2,1-2H3,(H,31,35);1H/t27-;/m0./s1. The lowest BCUT2D eigenvalue weighted by Gasteiger charge is -2.44. The molecule has 2 aliphatic rings. The average Bonchev–Trinajstić information content (AvgIpc) is 3.33. The topological polar surface area (TPSA) is 84.6 Å². The molecule has 5 rings (SSSR count). The summed E-state index contributed by atoms with van der Waals surface area (Å²) in [7, 11) is 2.17. The van der Waals surface area contributed by atoms with Crippen LogP contribution in [0, 0.1) is 0 Å². The number of nitrogens with one attached hydrogen (secondary N) is 2. The van der Waals surface area contributed by atoms with Crippen molar-refractivity contribution in [2.75, 3.05) is 46.3 Å². The van der Waals surface area contributed by atoms with Crippen LogP contribution in [0.3, 0.4) is 0 Å². The lowest BCUT2D eigenvalue weighted by atomic mass is 9.90. The van der Waals surface area contributed by atoms with E-state index in [0.717, 1.165) is 37.1 Å². The molecule has 4 heterocycles. The number of piperidine rings is 1. The third-order valence-electron chi connectivity index (χ3n) is 7.68. The first-order valence-corrected chi connectivity index (χ1v) is 12.9. The molecule has 8 nitrogen and oxygen atoms in total. The second-order valence-corrected chi connectivity index (χ2v) is 10.5. The number of likely N-dealkylation sites (tertiary alicyclic amines) is 1. The SMILES string of the molecule is CN1CCC(N2CCN(C(=O)[C@@](C)(NC(=O)c3cc4cc(Cl)ccc4[nH]3)c3ccncc3)CC2)CC1.Cl. The predicted octanol–water partition coefficient (Wildman–Crippen LogP) is 3.52. The summed E-state index contributed by atoms with van der Waals surface area (Å²) in [5.41, 5.74) is 0.664. The van der Waals surface area contributed by atoms with Crippen molar-refractivity contribution in [2.24, 2.45) is 0 Å². The minimum atomic E-state index is -1.23. The number of rotatable bonds is 5. The molecule has 2 saturated heterocycles. The van der Waals surface area contributed by atoms with Gasteiger partial charge in [0.2, 0.25) is 0 Å². The van der Waals surface area contributed by atoms with Gasteiger partial charge in [-0.05, 0) is 81.9 Å². The highest BCUT2D eigenvalue weighted by molar-refractivity contribution is 6.31. The van der Waals surface area contributed by atoms with E-state index in [-0.39, 0.29) is 24.2 Å². The Balaban J connectivity index is 0.00000320. The molecule has 3 aromatic rings. The van der Waals surface area contributed by atoms with Crippen molar-refractivity contribution >= 4 is 46.7 Å². The fourth-order valence-corrected chi connectivity index (χ4v) is 5.60. The molecular formula is C27H34Cl2N6O2. The second kappa shape index (κ2) is 11.4. The van der Waals surface area contributed by atoms with Crippen LogP contribution in [0.4, 0.5) is 0 Å². The van der Waals surface area contributed by atoms with Crippen molar-refractivity contribution in [3.05, 3.63) is 65.1 Å². The van der Waals surface area contributed by atoms with Crippen LogP contribution >= 0.6 is 24.0 Å². The highest BCUT2D eigenvalue weighted by Crippen LogP contribution is 2.27. The number of amides is 2. The Morgan fingerprint density at radius 1 is 1.03 bits per heavy atom. The van der Waals surface area contributed by atoms with Gasteiger partial charge >= 0.3 is 0 Å². The van der Waals surface area contributed by atoms with Gasteiger partial charge in [0, 0.05) is 60.5 Å². The van der Waals surface area contributed by atoms with Crippen LogP contribution < -0.4 is 5.32 Å². The lowest BCUT2D eigenvalue weighted by Crippen LogP contribution is -2.60. The van der Waals surface area contributed by atoms with Crippen LogP contribution in [0.2, 0.25) is 5.02 Å². The first-order valence-electron chi connectivity index (χ1n) is 12.6. The number of hydrogen-bond donors (Lipinski definition) is 2. The van der Waals surface area contributed by atoms with Gasteiger partial charge in [0.05, 0.1) is 0 Å². The highest BCUT2D eigenvalue weighted by Gasteiger charge is 2.41. The number of carbonyl (C=O) groups excluding carboxylic acids is 2. The molecule has 10 heteroatoms. The normalized spacial score (nSPS) is 19.3. The van der Waals surface area contributed by atoms with Crippen molar-refractivity contribution in [1.82, 2.24) is 30.0 Å². The number of halogens is 2. The summed E-state index contributed by atoms with van der Waals surface area (Å²) >= 11 is 6.11. The van der Waals surface area contributed by atoms with Gasteiger partial charge < -0.3 is 20.1 Å². The third kappa shape index (κ3) is 5.77. The van der Waals surface area contributed by atoms with Gasteiger partial charge in [0.25, 0.3) is 11.8 Å². The first kappa shape index (κ1) is 27.4. The van der Waals surface area contributed by atoms with Crippen molar-refractivity contribution in [2.45, 2.75) is 31.3 Å². The maximum atomic E-state index is 14.0. The largest absolute Gasteiger partial charge is 0.351 e. The molecule has 2 aromatic heterocycles. The molecule has 0 aliphatic carbocycles. The van der Waals surface area contributed by atoms with Crippen LogP contribution in [-0.4, -0.2) is 88.8 Å². The molecule has 0 saturated carbocycles. The molecule has 0 bridgehead atoms. The van der Waals surface area contributed by atoms with Gasteiger partial charge in [-0.1, -0.05) is 11.6 Å². The van der Waals surface area contributed by atoms with E-state index in [2.05, 4.69) is 32.1 Å². The Morgan fingerprint density at radius 3 is 2.38 bits per heavy atom. The summed E-state index contributed by atoms with van der Waals surface area (Å²) in [4.78, 5) is 41.4. The minimum Gasteiger partial charge on any atom is -0.351 e. The molecule has 1 atom stereocenters. The number of nitrogens with zero attached hydrogens (tertiary/aromatic N) is 4. The number of piperazine rings is 1. The van der Waals surface area contributed by atoms with E-state index in [4.69, 9.17) is 11.6 Å². The zero-order valence-electron chi connectivity index (χ0n) is 21.2. The van der Waals surface area contributed by atoms with Gasteiger partial charge in [0.1, 0.15) is 11.2 Å². The van der Waals surface area contributed by atoms with Crippen LogP contribution in [0.1, 0.15) is 35.8 Å². The fraction of sp³-hybridized carbons (Fsp3) is 0.444. The summed E-state index contributed by atoms with van der Waals surface area (Å²) in [5, 5.41) is 4.48. The highest BCUT2D eigenvalue weighted by atomic mass is 35.5. The van der Waals surface area contributed by atoms with Gasteiger partial charge in [-0.15, -0.1) is 12.4 Å². The Bertz CT molecular complexity index is 1240. The molecular weight excluding hydrogens is 511 g/mol. The zero-order chi connectivity index (χ0) is 25.3. The fourth-order valence-electron chi connectivity index (χ4n) is 5.42. The molecule has 0 radical (unpaired) electrons. The Kier molecular flexibility index (Phi) is 8.43. The molecule has 2 N–H and O–H groups in total. The van der Waals surface area contributed by atoms with E-state index >= 15 is 0 Å². The molecule has 0 spiro atoms. The lowest BCUT2D eigenvalue weighted by molar-refractivity contribution is -0.140. The summed E-state index contributed by atoms with van der Waals surface area (Å²) < 4.78 is 0. The van der Waals surface area contributed by atoms with Crippen LogP contribution in [0.25, 0.3) is 10.9 Å². The summed E-state index contributed by atoms with van der Waals surface area (Å²) in [6.07, 6.45) is 5.64. The quantitative estimate of drug-likeness (QED) is 0.513. The maximum Gasteiger partial charge on any atom is 0.268 e. The van der Waals surface area contributed by atoms with E-state index in [0.29, 0.717) is 35.4 Å². The van der Waals surface area contributed by atoms with Crippen LogP contribution in [-0.2, 0) is 10.3 Å². The molecule has 2 fully saturated rings. The molecule has 2 aliphatic heterocycles. The van der Waals surface area contributed by atoms with Crippen molar-refractivity contribution < 1.29 is 9.59 Å². The maximum absolute atomic E-state index is 14.0. The summed E-state index contributed by atoms with van der Waals surface area (Å²) in [5.74, 6) is -0.454. The van der Waals surface area contributed by atoms with Crippen LogP contribution in [0.5, 0.6) is 0 Å². The van der Waals surface area contributed by atoms with Gasteiger partial charge in [-0.25, -0.2) is 0 Å². The Morgan fingerprint density at radius 2 is 1.70 bits per heavy atom. The van der Waals surface area contributed by atoms with E-state index in [9.17, 15) is 9.59 Å². The van der Waals surface area contributed by atoms with Crippen molar-refractivity contribution in [3.8, 4) is 0 Å². The number of carbonyl (C=O) groups is 2. The number of aromatic amines is 1. The van der Waals surface area contributed by atoms with E-state index in [1.165, 1.54) is 12.8 Å². The summed E-state index contributed by atoms with van der Waals surface area (Å²) in [6.45, 7) is 7.02. The van der Waals surface area contributed by atoms with Crippen molar-refractivity contribution in [3.63, 3.8) is 0 Å². The number of fused-ring (bicyclic) bond motifs is 1.